The smallest absolute Gasteiger partial charge is 0.337 e. The first-order chi connectivity index (χ1) is 11.6. The van der Waals surface area contributed by atoms with E-state index in [4.69, 9.17) is 0 Å². The molecule has 24 heavy (non-hydrogen) atoms. The van der Waals surface area contributed by atoms with E-state index in [1.165, 1.54) is 43.1 Å². The molecule has 3 rings (SSSR count). The number of rotatable bonds is 4. The fourth-order valence-electron chi connectivity index (χ4n) is 2.21. The zero-order valence-corrected chi connectivity index (χ0v) is 13.5. The fraction of sp³-hybridized carbons (Fsp3) is 0.118. The van der Waals surface area contributed by atoms with Crippen LogP contribution in [0, 0.1) is 5.82 Å². The van der Waals surface area contributed by atoms with Crippen LogP contribution in [0.5, 0.6) is 0 Å². The Morgan fingerprint density at radius 2 is 2.08 bits per heavy atom. The molecule has 0 unspecified atom stereocenters. The summed E-state index contributed by atoms with van der Waals surface area (Å²) in [5, 5.41) is 0.377. The van der Waals surface area contributed by atoms with Gasteiger partial charge >= 0.3 is 5.97 Å². The monoisotopic (exact) mass is 344 g/mol. The molecule has 0 radical (unpaired) electrons. The molecule has 5 nitrogen and oxygen atoms in total. The summed E-state index contributed by atoms with van der Waals surface area (Å²) in [5.74, 6) is -0.114. The summed E-state index contributed by atoms with van der Waals surface area (Å²) in [4.78, 5) is 31.2. The highest BCUT2D eigenvalue weighted by molar-refractivity contribution is 7.98. The van der Waals surface area contributed by atoms with Crippen molar-refractivity contribution in [2.75, 3.05) is 7.11 Å². The third-order valence-corrected chi connectivity index (χ3v) is 4.44. The number of thioether (sulfide) groups is 1. The number of esters is 1. The van der Waals surface area contributed by atoms with Crippen molar-refractivity contribution < 1.29 is 13.9 Å². The normalized spacial score (nSPS) is 10.8. The minimum Gasteiger partial charge on any atom is -0.465 e. The third kappa shape index (κ3) is 3.30. The van der Waals surface area contributed by atoms with Crippen molar-refractivity contribution in [3.8, 4) is 0 Å². The van der Waals surface area contributed by atoms with Gasteiger partial charge in [-0.3, -0.25) is 4.79 Å². The number of nitrogens with one attached hydrogen (secondary N) is 1. The van der Waals surface area contributed by atoms with Crippen LogP contribution in [0.4, 0.5) is 4.39 Å². The second-order valence-corrected chi connectivity index (χ2v) is 5.97. The molecule has 1 N–H and O–H groups in total. The first-order valence-electron chi connectivity index (χ1n) is 7.07. The maximum Gasteiger partial charge on any atom is 0.337 e. The highest BCUT2D eigenvalue weighted by Gasteiger charge is 2.10. The van der Waals surface area contributed by atoms with Gasteiger partial charge in [0.1, 0.15) is 11.6 Å². The van der Waals surface area contributed by atoms with E-state index in [0.717, 1.165) is 0 Å². The Morgan fingerprint density at radius 1 is 1.29 bits per heavy atom. The van der Waals surface area contributed by atoms with Crippen molar-refractivity contribution in [1.29, 1.82) is 0 Å². The molecule has 122 valence electrons. The van der Waals surface area contributed by atoms with Gasteiger partial charge in [0.15, 0.2) is 0 Å². The lowest BCUT2D eigenvalue weighted by Gasteiger charge is -2.05. The lowest BCUT2D eigenvalue weighted by molar-refractivity contribution is 0.0601. The molecule has 0 aliphatic carbocycles. The quantitative estimate of drug-likeness (QED) is 0.581. The van der Waals surface area contributed by atoms with Gasteiger partial charge in [0.05, 0.1) is 29.3 Å². The number of aromatic amines is 1. The van der Waals surface area contributed by atoms with Crippen molar-refractivity contribution in [2.24, 2.45) is 0 Å². The lowest BCUT2D eigenvalue weighted by atomic mass is 10.1. The molecule has 0 aliphatic heterocycles. The number of aromatic nitrogens is 2. The maximum atomic E-state index is 13.6. The molecular weight excluding hydrogens is 331 g/mol. The first kappa shape index (κ1) is 16.2. The van der Waals surface area contributed by atoms with Crippen LogP contribution in [-0.4, -0.2) is 23.0 Å². The number of halogens is 1. The van der Waals surface area contributed by atoms with E-state index in [0.29, 0.717) is 32.9 Å². The number of fused-ring (bicyclic) bond motifs is 1. The maximum absolute atomic E-state index is 13.6. The molecule has 0 spiro atoms. The minimum absolute atomic E-state index is 0.300. The van der Waals surface area contributed by atoms with E-state index < -0.39 is 5.97 Å². The number of H-pyrrole nitrogens is 1. The average Bonchev–Trinajstić information content (AvgIpc) is 2.60. The molecule has 1 heterocycles. The fourth-order valence-corrected chi connectivity index (χ4v) is 3.02. The molecule has 0 atom stereocenters. The van der Waals surface area contributed by atoms with Gasteiger partial charge in [-0.15, -0.1) is 11.8 Å². The van der Waals surface area contributed by atoms with Gasteiger partial charge in [0, 0.05) is 4.90 Å². The van der Waals surface area contributed by atoms with Gasteiger partial charge < -0.3 is 9.72 Å². The molecule has 0 saturated carbocycles. The van der Waals surface area contributed by atoms with E-state index in [1.54, 1.807) is 18.2 Å². The van der Waals surface area contributed by atoms with Gasteiger partial charge in [-0.25, -0.2) is 14.2 Å². The second kappa shape index (κ2) is 6.84. The molecule has 7 heteroatoms. The molecule has 0 aliphatic rings. The van der Waals surface area contributed by atoms with Crippen molar-refractivity contribution in [3.05, 3.63) is 70.0 Å². The number of hydrogen-bond donors (Lipinski definition) is 1. The van der Waals surface area contributed by atoms with Crippen LogP contribution >= 0.6 is 11.8 Å². The van der Waals surface area contributed by atoms with Crippen molar-refractivity contribution in [3.63, 3.8) is 0 Å². The zero-order valence-electron chi connectivity index (χ0n) is 12.7. The van der Waals surface area contributed by atoms with Gasteiger partial charge in [-0.2, -0.15) is 0 Å². The van der Waals surface area contributed by atoms with Gasteiger partial charge in [0.25, 0.3) is 5.56 Å². The Balaban J connectivity index is 1.92. The molecule has 0 fully saturated rings. The molecule has 0 bridgehead atoms. The van der Waals surface area contributed by atoms with E-state index >= 15 is 0 Å². The minimum atomic E-state index is -0.499. The SMILES string of the molecule is COC(=O)c1ccc2c(=O)[nH]c(CSc3ccccc3F)nc2c1. The zero-order chi connectivity index (χ0) is 17.1. The Hall–Kier alpha value is -2.67. The van der Waals surface area contributed by atoms with Crippen molar-refractivity contribution in [2.45, 2.75) is 10.6 Å². The summed E-state index contributed by atoms with van der Waals surface area (Å²) in [6.45, 7) is 0. The Labute approximate surface area is 140 Å². The van der Waals surface area contributed by atoms with E-state index in [-0.39, 0.29) is 11.4 Å². The predicted molar refractivity (Wildman–Crippen MR) is 89.7 cm³/mol. The van der Waals surface area contributed by atoms with Crippen LogP contribution in [0.2, 0.25) is 0 Å². The Morgan fingerprint density at radius 3 is 2.83 bits per heavy atom. The molecule has 3 aromatic rings. The first-order valence-corrected chi connectivity index (χ1v) is 8.05. The van der Waals surface area contributed by atoms with Crippen molar-refractivity contribution in [1.82, 2.24) is 9.97 Å². The molecule has 2 aromatic carbocycles. The van der Waals surface area contributed by atoms with E-state index in [1.807, 2.05) is 0 Å². The topological polar surface area (TPSA) is 72.1 Å². The van der Waals surface area contributed by atoms with Crippen LogP contribution in [0.1, 0.15) is 16.2 Å². The van der Waals surface area contributed by atoms with Gasteiger partial charge in [-0.1, -0.05) is 12.1 Å². The van der Waals surface area contributed by atoms with Crippen LogP contribution in [0.15, 0.2) is 52.2 Å². The molecular formula is C17H13FN2O3S. The van der Waals surface area contributed by atoms with Crippen LogP contribution in [0.3, 0.4) is 0 Å². The van der Waals surface area contributed by atoms with Crippen LogP contribution < -0.4 is 5.56 Å². The number of carbonyl (C=O) groups excluding carboxylic acids is 1. The Bertz CT molecular complexity index is 971. The molecule has 0 amide bonds. The summed E-state index contributed by atoms with van der Waals surface area (Å²) in [6.07, 6.45) is 0. The van der Waals surface area contributed by atoms with Gasteiger partial charge in [0.2, 0.25) is 0 Å². The third-order valence-electron chi connectivity index (χ3n) is 3.38. The summed E-state index contributed by atoms with van der Waals surface area (Å²) in [7, 11) is 1.29. The molecule has 0 saturated heterocycles. The number of ether oxygens (including phenoxy) is 1. The standard InChI is InChI=1S/C17H13FN2O3S/c1-23-17(22)10-6-7-11-13(8-10)19-15(20-16(11)21)9-24-14-5-3-2-4-12(14)18/h2-8H,9H2,1H3,(H,19,20,21). The van der Waals surface area contributed by atoms with Gasteiger partial charge in [-0.05, 0) is 30.3 Å². The summed E-state index contributed by atoms with van der Waals surface area (Å²) < 4.78 is 18.3. The summed E-state index contributed by atoms with van der Waals surface area (Å²) >= 11 is 1.23. The number of methoxy groups -OCH3 is 1. The number of benzene rings is 2. The summed E-state index contributed by atoms with van der Waals surface area (Å²) in [6, 6.07) is 10.9. The predicted octanol–water partition coefficient (Wildman–Crippen LogP) is 3.14. The van der Waals surface area contributed by atoms with Crippen molar-refractivity contribution >= 4 is 28.6 Å². The summed E-state index contributed by atoms with van der Waals surface area (Å²) in [5.41, 5.74) is 0.405. The highest BCUT2D eigenvalue weighted by atomic mass is 32.2. The number of nitrogens with zero attached hydrogens (tertiary/aromatic N) is 1. The van der Waals surface area contributed by atoms with E-state index in [2.05, 4.69) is 14.7 Å². The average molecular weight is 344 g/mol. The highest BCUT2D eigenvalue weighted by Crippen LogP contribution is 2.24. The second-order valence-electron chi connectivity index (χ2n) is 4.96. The number of carbonyl (C=O) groups is 1. The van der Waals surface area contributed by atoms with E-state index in [9.17, 15) is 14.0 Å². The van der Waals surface area contributed by atoms with Crippen LogP contribution in [0.25, 0.3) is 10.9 Å². The Kier molecular flexibility index (Phi) is 4.61. The lowest BCUT2D eigenvalue weighted by Crippen LogP contribution is -2.12. The molecule has 1 aromatic heterocycles. The number of hydrogen-bond acceptors (Lipinski definition) is 5. The van der Waals surface area contributed by atoms with Crippen LogP contribution in [-0.2, 0) is 10.5 Å². The largest absolute Gasteiger partial charge is 0.465 e.